The Kier molecular flexibility index (Phi) is 16.0. The summed E-state index contributed by atoms with van der Waals surface area (Å²) >= 11 is 0. The Bertz CT molecular complexity index is 317. The van der Waals surface area contributed by atoms with Crippen molar-refractivity contribution in [3.8, 4) is 0 Å². The quantitative estimate of drug-likeness (QED) is 0.306. The summed E-state index contributed by atoms with van der Waals surface area (Å²) in [6, 6.07) is 0. The van der Waals surface area contributed by atoms with Crippen LogP contribution in [-0.2, 0) is 23.8 Å². The van der Waals surface area contributed by atoms with E-state index < -0.39 is 0 Å². The summed E-state index contributed by atoms with van der Waals surface area (Å²) in [5, 5.41) is 0. The molecule has 0 bridgehead atoms. The fraction of sp³-hybridized carbons (Fsp3) is 0.895. The van der Waals surface area contributed by atoms with Gasteiger partial charge in [-0.2, -0.15) is 0 Å². The van der Waals surface area contributed by atoms with Crippen molar-refractivity contribution in [1.29, 1.82) is 0 Å². The minimum atomic E-state index is -0.235. The van der Waals surface area contributed by atoms with Crippen LogP contribution in [0.5, 0.6) is 0 Å². The van der Waals surface area contributed by atoms with Gasteiger partial charge in [-0.1, -0.05) is 33.1 Å². The molecule has 0 aromatic rings. The second-order valence-corrected chi connectivity index (χ2v) is 6.17. The summed E-state index contributed by atoms with van der Waals surface area (Å²) in [5.41, 5.74) is 0. The highest BCUT2D eigenvalue weighted by molar-refractivity contribution is 5.72. The lowest BCUT2D eigenvalue weighted by molar-refractivity contribution is -0.150. The predicted octanol–water partition coefficient (Wildman–Crippen LogP) is 4.42. The van der Waals surface area contributed by atoms with Crippen LogP contribution in [0.15, 0.2) is 0 Å². The molecular weight excluding hydrogens is 308 g/mol. The van der Waals surface area contributed by atoms with Crippen LogP contribution in [0.1, 0.15) is 84.5 Å². The molecule has 0 N–H and O–H groups in total. The summed E-state index contributed by atoms with van der Waals surface area (Å²) in [7, 11) is 1.68. The summed E-state index contributed by atoms with van der Waals surface area (Å²) in [4.78, 5) is 23.4. The molecule has 0 aliphatic rings. The fourth-order valence-electron chi connectivity index (χ4n) is 2.43. The van der Waals surface area contributed by atoms with Gasteiger partial charge in [-0.15, -0.1) is 0 Å². The molecule has 142 valence electrons. The Morgan fingerprint density at radius 2 is 1.50 bits per heavy atom. The number of ether oxygens (including phenoxy) is 3. The SMILES string of the molecule is CCCCCCC(CCCOC)OC(=O)CCCC(=O)OCCC. The Morgan fingerprint density at radius 1 is 0.792 bits per heavy atom. The van der Waals surface area contributed by atoms with Crippen molar-refractivity contribution < 1.29 is 23.8 Å². The Morgan fingerprint density at radius 3 is 2.17 bits per heavy atom. The fourth-order valence-corrected chi connectivity index (χ4v) is 2.43. The average molecular weight is 344 g/mol. The van der Waals surface area contributed by atoms with Gasteiger partial charge in [-0.25, -0.2) is 0 Å². The lowest BCUT2D eigenvalue weighted by Crippen LogP contribution is -2.19. The monoisotopic (exact) mass is 344 g/mol. The molecule has 24 heavy (non-hydrogen) atoms. The summed E-state index contributed by atoms with van der Waals surface area (Å²) in [5.74, 6) is -0.447. The maximum atomic E-state index is 12.0. The summed E-state index contributed by atoms with van der Waals surface area (Å²) < 4.78 is 15.7. The molecule has 5 nitrogen and oxygen atoms in total. The van der Waals surface area contributed by atoms with E-state index in [1.807, 2.05) is 6.92 Å². The van der Waals surface area contributed by atoms with Gasteiger partial charge in [0.1, 0.15) is 6.10 Å². The van der Waals surface area contributed by atoms with E-state index in [4.69, 9.17) is 14.2 Å². The molecule has 0 aromatic heterocycles. The molecule has 0 aliphatic carbocycles. The maximum absolute atomic E-state index is 12.0. The topological polar surface area (TPSA) is 61.8 Å². The standard InChI is InChI=1S/C19H36O5/c1-4-6-7-8-11-17(12-10-16-22-3)24-19(21)14-9-13-18(20)23-15-5-2/h17H,4-16H2,1-3H3. The van der Waals surface area contributed by atoms with Crippen LogP contribution in [0.4, 0.5) is 0 Å². The number of carbonyl (C=O) groups is 2. The van der Waals surface area contributed by atoms with Crippen LogP contribution >= 0.6 is 0 Å². The molecule has 1 atom stereocenters. The number of hydrogen-bond acceptors (Lipinski definition) is 5. The number of carbonyl (C=O) groups excluding carboxylic acids is 2. The molecule has 1 unspecified atom stereocenters. The second-order valence-electron chi connectivity index (χ2n) is 6.17. The highest BCUT2D eigenvalue weighted by atomic mass is 16.5. The maximum Gasteiger partial charge on any atom is 0.306 e. The van der Waals surface area contributed by atoms with Crippen LogP contribution in [0.3, 0.4) is 0 Å². The van der Waals surface area contributed by atoms with Gasteiger partial charge in [0, 0.05) is 26.6 Å². The molecule has 0 saturated carbocycles. The first kappa shape index (κ1) is 22.9. The molecule has 0 amide bonds. The highest BCUT2D eigenvalue weighted by Crippen LogP contribution is 2.15. The Labute approximate surface area is 147 Å². The molecule has 0 spiro atoms. The zero-order valence-corrected chi connectivity index (χ0v) is 15.8. The first-order valence-corrected chi connectivity index (χ1v) is 9.48. The molecule has 0 saturated heterocycles. The van der Waals surface area contributed by atoms with E-state index in [9.17, 15) is 9.59 Å². The van der Waals surface area contributed by atoms with E-state index in [0.717, 1.165) is 32.1 Å². The van der Waals surface area contributed by atoms with Crippen molar-refractivity contribution in [2.24, 2.45) is 0 Å². The highest BCUT2D eigenvalue weighted by Gasteiger charge is 2.15. The normalized spacial score (nSPS) is 12.0. The molecule has 0 radical (unpaired) electrons. The Hall–Kier alpha value is -1.10. The third-order valence-electron chi connectivity index (χ3n) is 3.78. The van der Waals surface area contributed by atoms with E-state index in [-0.39, 0.29) is 30.9 Å². The van der Waals surface area contributed by atoms with Crippen molar-refractivity contribution in [2.75, 3.05) is 20.3 Å². The second kappa shape index (κ2) is 16.7. The lowest BCUT2D eigenvalue weighted by atomic mass is 10.1. The molecule has 0 fully saturated rings. The van der Waals surface area contributed by atoms with Gasteiger partial charge in [0.25, 0.3) is 0 Å². The minimum absolute atomic E-state index is 0.0310. The largest absolute Gasteiger partial charge is 0.466 e. The van der Waals surface area contributed by atoms with E-state index in [1.165, 1.54) is 19.3 Å². The predicted molar refractivity (Wildman–Crippen MR) is 94.9 cm³/mol. The summed E-state index contributed by atoms with van der Waals surface area (Å²) in [6.07, 6.45) is 9.15. The van der Waals surface area contributed by atoms with Gasteiger partial charge >= 0.3 is 11.9 Å². The Balaban J connectivity index is 4.00. The number of hydrogen-bond donors (Lipinski definition) is 0. The molecule has 0 heterocycles. The van der Waals surface area contributed by atoms with Crippen LogP contribution in [0.2, 0.25) is 0 Å². The van der Waals surface area contributed by atoms with Gasteiger partial charge in [-0.05, 0) is 38.5 Å². The van der Waals surface area contributed by atoms with Crippen LogP contribution < -0.4 is 0 Å². The molecule has 0 rings (SSSR count). The molecule has 0 aliphatic heterocycles. The van der Waals surface area contributed by atoms with E-state index in [1.54, 1.807) is 7.11 Å². The number of methoxy groups -OCH3 is 1. The lowest BCUT2D eigenvalue weighted by Gasteiger charge is -2.18. The molecule has 0 aromatic carbocycles. The van der Waals surface area contributed by atoms with E-state index >= 15 is 0 Å². The zero-order valence-electron chi connectivity index (χ0n) is 15.8. The van der Waals surface area contributed by atoms with E-state index in [0.29, 0.717) is 19.6 Å². The number of esters is 2. The molecular formula is C19H36O5. The minimum Gasteiger partial charge on any atom is -0.466 e. The summed E-state index contributed by atoms with van der Waals surface area (Å²) in [6.45, 7) is 5.27. The van der Waals surface area contributed by atoms with Crippen molar-refractivity contribution in [3.63, 3.8) is 0 Å². The van der Waals surface area contributed by atoms with Crippen LogP contribution in [-0.4, -0.2) is 38.4 Å². The van der Waals surface area contributed by atoms with Crippen LogP contribution in [0.25, 0.3) is 0 Å². The van der Waals surface area contributed by atoms with Gasteiger partial charge in [-0.3, -0.25) is 9.59 Å². The first-order valence-electron chi connectivity index (χ1n) is 9.48. The van der Waals surface area contributed by atoms with Crippen LogP contribution in [0, 0.1) is 0 Å². The third kappa shape index (κ3) is 14.5. The number of unbranched alkanes of at least 4 members (excludes halogenated alkanes) is 3. The van der Waals surface area contributed by atoms with Crippen molar-refractivity contribution >= 4 is 11.9 Å². The number of rotatable bonds is 16. The van der Waals surface area contributed by atoms with Gasteiger partial charge < -0.3 is 14.2 Å². The van der Waals surface area contributed by atoms with Crippen molar-refractivity contribution in [1.82, 2.24) is 0 Å². The van der Waals surface area contributed by atoms with Gasteiger partial charge in [0.05, 0.1) is 6.61 Å². The zero-order chi connectivity index (χ0) is 18.0. The third-order valence-corrected chi connectivity index (χ3v) is 3.78. The smallest absolute Gasteiger partial charge is 0.306 e. The molecule has 5 heteroatoms. The first-order chi connectivity index (χ1) is 11.6. The van der Waals surface area contributed by atoms with Crippen molar-refractivity contribution in [3.05, 3.63) is 0 Å². The average Bonchev–Trinajstić information content (AvgIpc) is 2.56. The van der Waals surface area contributed by atoms with E-state index in [2.05, 4.69) is 6.92 Å². The van der Waals surface area contributed by atoms with Gasteiger partial charge in [0.15, 0.2) is 0 Å². The van der Waals surface area contributed by atoms with Gasteiger partial charge in [0.2, 0.25) is 0 Å². The van der Waals surface area contributed by atoms with Crippen molar-refractivity contribution in [2.45, 2.75) is 90.6 Å².